The maximum Gasteiger partial charge on any atom is 0.223 e. The number of hydrogen-bond acceptors (Lipinski definition) is 4. The van der Waals surface area contributed by atoms with Gasteiger partial charge in [0.1, 0.15) is 23.7 Å². The molecule has 1 aromatic carbocycles. The molecule has 0 spiro atoms. The van der Waals surface area contributed by atoms with E-state index in [1.165, 1.54) is 0 Å². The molecule has 21 heavy (non-hydrogen) atoms. The van der Waals surface area contributed by atoms with Crippen LogP contribution in [0.3, 0.4) is 0 Å². The Morgan fingerprint density at radius 1 is 1.43 bits per heavy atom. The lowest BCUT2D eigenvalue weighted by Gasteiger charge is -2.45. The van der Waals surface area contributed by atoms with Crippen LogP contribution in [-0.2, 0) is 4.79 Å². The zero-order valence-corrected chi connectivity index (χ0v) is 12.2. The Balaban J connectivity index is 2.12. The van der Waals surface area contributed by atoms with Gasteiger partial charge in [0.25, 0.3) is 0 Å². The average Bonchev–Trinajstić information content (AvgIpc) is 2.86. The van der Waals surface area contributed by atoms with Crippen molar-refractivity contribution in [3.05, 3.63) is 29.3 Å². The number of amides is 1. The van der Waals surface area contributed by atoms with Crippen molar-refractivity contribution in [1.29, 1.82) is 0 Å². The van der Waals surface area contributed by atoms with E-state index in [0.29, 0.717) is 29.8 Å². The summed E-state index contributed by atoms with van der Waals surface area (Å²) in [6, 6.07) is 4.67. The number of aliphatic hydroxyl groups excluding tert-OH is 1. The van der Waals surface area contributed by atoms with Gasteiger partial charge in [0.2, 0.25) is 5.91 Å². The van der Waals surface area contributed by atoms with Gasteiger partial charge in [-0.2, -0.15) is 0 Å². The number of aldehydes is 1. The topological polar surface area (TPSA) is 66.8 Å². The fourth-order valence-corrected chi connectivity index (χ4v) is 3.16. The highest BCUT2D eigenvalue weighted by atomic mass is 16.5. The molecular weight excluding hydrogens is 270 g/mol. The smallest absolute Gasteiger partial charge is 0.223 e. The van der Waals surface area contributed by atoms with E-state index in [0.717, 1.165) is 12.7 Å². The second-order valence-corrected chi connectivity index (χ2v) is 6.20. The minimum absolute atomic E-state index is 0.0409. The first-order valence-electron chi connectivity index (χ1n) is 7.20. The lowest BCUT2D eigenvalue weighted by atomic mass is 9.85. The predicted octanol–water partition coefficient (Wildman–Crippen LogP) is 1.69. The molecule has 0 bridgehead atoms. The standard InChI is InChI=1S/C16H19NO4/c1-16(2)15(20)14(17-7-3-4-13(17)19)11-8-10(9-18)5-6-12(11)21-16/h5-6,8-9,14-15,20H,3-4,7H2,1-2H3. The molecule has 0 saturated carbocycles. The molecular formula is C16H19NO4. The van der Waals surface area contributed by atoms with Crippen molar-refractivity contribution in [3.63, 3.8) is 0 Å². The zero-order chi connectivity index (χ0) is 15.2. The number of likely N-dealkylation sites (tertiary alicyclic amines) is 1. The van der Waals surface area contributed by atoms with Crippen LogP contribution in [0.15, 0.2) is 18.2 Å². The molecule has 5 heteroatoms. The Labute approximate surface area is 123 Å². The summed E-state index contributed by atoms with van der Waals surface area (Å²) in [5.74, 6) is 0.666. The molecule has 2 aliphatic rings. The average molecular weight is 289 g/mol. The fourth-order valence-electron chi connectivity index (χ4n) is 3.16. The third-order valence-electron chi connectivity index (χ3n) is 4.32. The highest BCUT2D eigenvalue weighted by molar-refractivity contribution is 5.80. The highest BCUT2D eigenvalue weighted by Crippen LogP contribution is 2.44. The Morgan fingerprint density at radius 2 is 2.19 bits per heavy atom. The summed E-state index contributed by atoms with van der Waals surface area (Å²) in [7, 11) is 0. The van der Waals surface area contributed by atoms with Crippen LogP contribution in [-0.4, -0.2) is 40.4 Å². The summed E-state index contributed by atoms with van der Waals surface area (Å²) in [5, 5.41) is 10.7. The third-order valence-corrected chi connectivity index (χ3v) is 4.32. The number of carbonyl (C=O) groups excluding carboxylic acids is 2. The predicted molar refractivity (Wildman–Crippen MR) is 76.2 cm³/mol. The van der Waals surface area contributed by atoms with Crippen LogP contribution >= 0.6 is 0 Å². The van der Waals surface area contributed by atoms with Gasteiger partial charge in [0, 0.05) is 24.1 Å². The molecule has 0 radical (unpaired) electrons. The van der Waals surface area contributed by atoms with Crippen molar-refractivity contribution in [2.75, 3.05) is 6.54 Å². The summed E-state index contributed by atoms with van der Waals surface area (Å²) in [5.41, 5.74) is 0.436. The van der Waals surface area contributed by atoms with Gasteiger partial charge in [0.05, 0.1) is 6.04 Å². The van der Waals surface area contributed by atoms with Crippen molar-refractivity contribution in [2.24, 2.45) is 0 Å². The van der Waals surface area contributed by atoms with Crippen molar-refractivity contribution in [1.82, 2.24) is 4.90 Å². The molecule has 0 aromatic heterocycles. The number of aliphatic hydroxyl groups is 1. The first kappa shape index (κ1) is 14.1. The Bertz CT molecular complexity index is 596. The molecule has 2 heterocycles. The van der Waals surface area contributed by atoms with Crippen LogP contribution in [0.5, 0.6) is 5.75 Å². The van der Waals surface area contributed by atoms with Gasteiger partial charge in [-0.25, -0.2) is 0 Å². The van der Waals surface area contributed by atoms with E-state index in [2.05, 4.69) is 0 Å². The van der Waals surface area contributed by atoms with Gasteiger partial charge < -0.3 is 14.7 Å². The number of hydrogen-bond donors (Lipinski definition) is 1. The highest BCUT2D eigenvalue weighted by Gasteiger charge is 2.47. The second-order valence-electron chi connectivity index (χ2n) is 6.20. The van der Waals surface area contributed by atoms with Gasteiger partial charge in [-0.3, -0.25) is 9.59 Å². The maximum absolute atomic E-state index is 12.1. The summed E-state index contributed by atoms with van der Waals surface area (Å²) in [6.07, 6.45) is 1.23. The molecule has 5 nitrogen and oxygen atoms in total. The monoisotopic (exact) mass is 289 g/mol. The molecule has 1 N–H and O–H groups in total. The zero-order valence-electron chi connectivity index (χ0n) is 12.2. The molecule has 1 saturated heterocycles. The van der Waals surface area contributed by atoms with E-state index in [9.17, 15) is 14.7 Å². The van der Waals surface area contributed by atoms with E-state index in [-0.39, 0.29) is 5.91 Å². The summed E-state index contributed by atoms with van der Waals surface area (Å²) in [4.78, 5) is 24.8. The van der Waals surface area contributed by atoms with Crippen LogP contribution in [0.2, 0.25) is 0 Å². The van der Waals surface area contributed by atoms with Crippen LogP contribution in [0.1, 0.15) is 48.7 Å². The Morgan fingerprint density at radius 3 is 2.81 bits per heavy atom. The number of fused-ring (bicyclic) bond motifs is 1. The Hall–Kier alpha value is -1.88. The minimum atomic E-state index is -0.839. The van der Waals surface area contributed by atoms with E-state index in [4.69, 9.17) is 4.74 Å². The summed E-state index contributed by atoms with van der Waals surface area (Å²) >= 11 is 0. The van der Waals surface area contributed by atoms with E-state index < -0.39 is 17.7 Å². The van der Waals surface area contributed by atoms with Gasteiger partial charge in [0.15, 0.2) is 0 Å². The number of nitrogens with zero attached hydrogens (tertiary/aromatic N) is 1. The van der Waals surface area contributed by atoms with Crippen molar-refractivity contribution in [3.8, 4) is 5.75 Å². The first-order valence-corrected chi connectivity index (χ1v) is 7.20. The molecule has 1 amide bonds. The summed E-state index contributed by atoms with van der Waals surface area (Å²) < 4.78 is 5.85. The number of benzene rings is 1. The molecule has 0 aliphatic carbocycles. The van der Waals surface area contributed by atoms with Crippen molar-refractivity contribution >= 4 is 12.2 Å². The van der Waals surface area contributed by atoms with Gasteiger partial charge in [-0.1, -0.05) is 0 Å². The van der Waals surface area contributed by atoms with E-state index in [1.807, 2.05) is 13.8 Å². The van der Waals surface area contributed by atoms with Crippen LogP contribution in [0.25, 0.3) is 0 Å². The second kappa shape index (κ2) is 4.84. The fraction of sp³-hybridized carbons (Fsp3) is 0.500. The number of ether oxygens (including phenoxy) is 1. The molecule has 2 unspecified atom stereocenters. The van der Waals surface area contributed by atoms with Gasteiger partial charge in [-0.05, 0) is 38.5 Å². The lowest BCUT2D eigenvalue weighted by Crippen LogP contribution is -2.53. The van der Waals surface area contributed by atoms with Gasteiger partial charge >= 0.3 is 0 Å². The SMILES string of the molecule is CC1(C)Oc2ccc(C=O)cc2C(N2CCCC2=O)C1O. The molecule has 3 rings (SSSR count). The molecule has 1 fully saturated rings. The normalized spacial score (nSPS) is 27.2. The van der Waals surface area contributed by atoms with Crippen LogP contribution in [0.4, 0.5) is 0 Å². The largest absolute Gasteiger partial charge is 0.485 e. The van der Waals surface area contributed by atoms with Crippen molar-refractivity contribution in [2.45, 2.75) is 44.4 Å². The number of rotatable bonds is 2. The molecule has 1 aromatic rings. The van der Waals surface area contributed by atoms with Crippen LogP contribution < -0.4 is 4.74 Å². The minimum Gasteiger partial charge on any atom is -0.485 e. The maximum atomic E-state index is 12.1. The van der Waals surface area contributed by atoms with E-state index in [1.54, 1.807) is 23.1 Å². The van der Waals surface area contributed by atoms with Crippen molar-refractivity contribution < 1.29 is 19.4 Å². The molecule has 112 valence electrons. The first-order chi connectivity index (χ1) is 9.94. The quantitative estimate of drug-likeness (QED) is 0.841. The summed E-state index contributed by atoms with van der Waals surface area (Å²) in [6.45, 7) is 4.24. The molecule has 2 aliphatic heterocycles. The Kier molecular flexibility index (Phi) is 3.24. The number of carbonyl (C=O) groups is 2. The molecule has 2 atom stereocenters. The third kappa shape index (κ3) is 2.21. The van der Waals surface area contributed by atoms with E-state index >= 15 is 0 Å². The van der Waals surface area contributed by atoms with Gasteiger partial charge in [-0.15, -0.1) is 0 Å². The van der Waals surface area contributed by atoms with Crippen LogP contribution in [0, 0.1) is 0 Å². The lowest BCUT2D eigenvalue weighted by molar-refractivity contribution is -0.139.